The molecular weight excluding hydrogens is 923 g/mol. The Bertz CT molecular complexity index is 4380. The Balaban J connectivity index is 0.963. The smallest absolute Gasteiger partial charge is 0.238 e. The van der Waals surface area contributed by atoms with E-state index in [2.05, 4.69) is 258 Å². The molecule has 2 aromatic heterocycles. The molecule has 0 aliphatic rings. The average molecular weight is 970 g/mol. The van der Waals surface area contributed by atoms with E-state index in [-0.39, 0.29) is 0 Å². The van der Waals surface area contributed by atoms with Crippen molar-refractivity contribution in [2.75, 3.05) is 4.90 Å². The summed E-state index contributed by atoms with van der Waals surface area (Å²) in [5, 5.41) is 7.10. The molecule has 0 spiro atoms. The number of hydrogen-bond acceptors (Lipinski definition) is 4. The highest BCUT2D eigenvalue weighted by Gasteiger charge is 2.22. The van der Waals surface area contributed by atoms with Crippen LogP contribution in [0, 0.1) is 0 Å². The molecule has 0 atom stereocenters. The van der Waals surface area contributed by atoms with Crippen LogP contribution in [0.4, 0.5) is 17.1 Å². The average Bonchev–Trinajstić information content (AvgIpc) is 3.88. The Labute approximate surface area is 441 Å². The second-order valence-corrected chi connectivity index (χ2v) is 19.3. The van der Waals surface area contributed by atoms with Crippen LogP contribution in [0.2, 0.25) is 0 Å². The molecule has 14 rings (SSSR count). The summed E-state index contributed by atoms with van der Waals surface area (Å²) in [5.74, 6) is 1.73. The standard InChI is InChI=1S/C71H47N5/c1-4-15-48(16-5-1)58-25-14-26-63(45-58)75(62-38-35-53(36-39-62)60-34-32-50-18-11-13-24-57(50)44-60)64-40-42-66-65-41-37-61(52-29-27-51(28-30-52)59-33-31-49-17-10-12-23-56(49)43-59)46-67(65)76(68(66)47-64)71-73-69(54-19-6-2-7-20-54)72-70(74-71)55-21-8-3-9-22-55/h1-47H. The summed E-state index contributed by atoms with van der Waals surface area (Å²) in [6.07, 6.45) is 0. The zero-order valence-electron chi connectivity index (χ0n) is 41.4. The molecule has 0 amide bonds. The van der Waals surface area contributed by atoms with E-state index in [1.165, 1.54) is 38.2 Å². The van der Waals surface area contributed by atoms with E-state index < -0.39 is 0 Å². The van der Waals surface area contributed by atoms with E-state index >= 15 is 0 Å². The van der Waals surface area contributed by atoms with Crippen molar-refractivity contribution >= 4 is 60.4 Å². The molecule has 0 saturated heterocycles. The lowest BCUT2D eigenvalue weighted by Gasteiger charge is -2.26. The van der Waals surface area contributed by atoms with Crippen molar-refractivity contribution in [1.29, 1.82) is 0 Å². The van der Waals surface area contributed by atoms with Gasteiger partial charge in [0.1, 0.15) is 0 Å². The predicted molar refractivity (Wildman–Crippen MR) is 316 cm³/mol. The lowest BCUT2D eigenvalue weighted by molar-refractivity contribution is 0.953. The minimum Gasteiger partial charge on any atom is -0.310 e. The number of hydrogen-bond donors (Lipinski definition) is 0. The summed E-state index contributed by atoms with van der Waals surface area (Å²) >= 11 is 0. The zero-order valence-corrected chi connectivity index (χ0v) is 41.4. The molecule has 14 aromatic rings. The molecule has 76 heavy (non-hydrogen) atoms. The fraction of sp³-hybridized carbons (Fsp3) is 0. The molecule has 0 bridgehead atoms. The molecule has 5 heteroatoms. The first kappa shape index (κ1) is 44.5. The van der Waals surface area contributed by atoms with Crippen LogP contribution in [0.5, 0.6) is 0 Å². The summed E-state index contributed by atoms with van der Waals surface area (Å²) in [6, 6.07) is 102. The molecule has 0 aliphatic heterocycles. The number of benzene rings is 12. The van der Waals surface area contributed by atoms with Gasteiger partial charge in [-0.1, -0.05) is 231 Å². The number of nitrogens with zero attached hydrogens (tertiary/aromatic N) is 5. The normalized spacial score (nSPS) is 11.4. The molecule has 0 N–H and O–H groups in total. The second kappa shape index (κ2) is 19.0. The van der Waals surface area contributed by atoms with Crippen molar-refractivity contribution < 1.29 is 0 Å². The molecule has 0 aliphatic carbocycles. The fourth-order valence-electron chi connectivity index (χ4n) is 10.7. The number of aromatic nitrogens is 4. The van der Waals surface area contributed by atoms with Gasteiger partial charge in [0.05, 0.1) is 11.0 Å². The monoisotopic (exact) mass is 969 g/mol. The van der Waals surface area contributed by atoms with Crippen molar-refractivity contribution in [2.24, 2.45) is 0 Å². The van der Waals surface area contributed by atoms with Crippen molar-refractivity contribution in [3.63, 3.8) is 0 Å². The van der Waals surface area contributed by atoms with Crippen molar-refractivity contribution in [3.05, 3.63) is 285 Å². The van der Waals surface area contributed by atoms with Crippen LogP contribution in [0.25, 0.3) is 117 Å². The van der Waals surface area contributed by atoms with Crippen LogP contribution in [0.15, 0.2) is 285 Å². The van der Waals surface area contributed by atoms with Crippen molar-refractivity contribution in [2.45, 2.75) is 0 Å². The number of anilines is 3. The first-order chi connectivity index (χ1) is 37.6. The number of rotatable bonds is 10. The zero-order chi connectivity index (χ0) is 50.4. The maximum absolute atomic E-state index is 5.36. The largest absolute Gasteiger partial charge is 0.310 e. The summed E-state index contributed by atoms with van der Waals surface area (Å²) < 4.78 is 2.24. The lowest BCUT2D eigenvalue weighted by atomic mass is 9.98. The second-order valence-electron chi connectivity index (χ2n) is 19.3. The van der Waals surface area contributed by atoms with Crippen LogP contribution in [0.1, 0.15) is 0 Å². The molecule has 5 nitrogen and oxygen atoms in total. The Kier molecular flexibility index (Phi) is 11.1. The van der Waals surface area contributed by atoms with E-state index in [4.69, 9.17) is 15.0 Å². The van der Waals surface area contributed by atoms with E-state index in [1.54, 1.807) is 0 Å². The highest BCUT2D eigenvalue weighted by atomic mass is 15.2. The fourth-order valence-corrected chi connectivity index (χ4v) is 10.7. The summed E-state index contributed by atoms with van der Waals surface area (Å²) in [7, 11) is 0. The quantitative estimate of drug-likeness (QED) is 0.137. The number of fused-ring (bicyclic) bond motifs is 5. The maximum atomic E-state index is 5.36. The third-order valence-electron chi connectivity index (χ3n) is 14.6. The molecular formula is C71H47N5. The molecule has 356 valence electrons. The maximum Gasteiger partial charge on any atom is 0.238 e. The van der Waals surface area contributed by atoms with Crippen LogP contribution >= 0.6 is 0 Å². The predicted octanol–water partition coefficient (Wildman–Crippen LogP) is 18.7. The van der Waals surface area contributed by atoms with E-state index in [1.807, 2.05) is 36.4 Å². The molecule has 2 heterocycles. The molecule has 0 unspecified atom stereocenters. The molecule has 12 aromatic carbocycles. The topological polar surface area (TPSA) is 46.8 Å². The van der Waals surface area contributed by atoms with Gasteiger partial charge in [-0.3, -0.25) is 4.57 Å². The van der Waals surface area contributed by atoms with E-state index in [0.717, 1.165) is 77.8 Å². The van der Waals surface area contributed by atoms with Crippen LogP contribution in [-0.4, -0.2) is 19.5 Å². The Morgan fingerprint density at radius 2 is 0.618 bits per heavy atom. The third-order valence-corrected chi connectivity index (χ3v) is 14.6. The van der Waals surface area contributed by atoms with Gasteiger partial charge in [0.25, 0.3) is 0 Å². The molecule has 0 radical (unpaired) electrons. The third kappa shape index (κ3) is 8.32. The minimum absolute atomic E-state index is 0.533. The Morgan fingerprint density at radius 3 is 1.18 bits per heavy atom. The van der Waals surface area contributed by atoms with Gasteiger partial charge in [-0.15, -0.1) is 0 Å². The van der Waals surface area contributed by atoms with Crippen LogP contribution < -0.4 is 4.90 Å². The van der Waals surface area contributed by atoms with Crippen LogP contribution in [-0.2, 0) is 0 Å². The van der Waals surface area contributed by atoms with Gasteiger partial charge in [0.2, 0.25) is 5.95 Å². The van der Waals surface area contributed by atoms with Gasteiger partial charge < -0.3 is 4.90 Å². The Morgan fingerprint density at radius 1 is 0.237 bits per heavy atom. The minimum atomic E-state index is 0.533. The van der Waals surface area contributed by atoms with E-state index in [0.29, 0.717) is 17.6 Å². The van der Waals surface area contributed by atoms with E-state index in [9.17, 15) is 0 Å². The first-order valence-electron chi connectivity index (χ1n) is 25.7. The molecule has 0 fully saturated rings. The van der Waals surface area contributed by atoms with Crippen LogP contribution in [0.3, 0.4) is 0 Å². The Hall–Kier alpha value is -10.2. The SMILES string of the molecule is c1ccc(-c2cccc(N(c3ccc(-c4ccc5ccccc5c4)cc3)c3ccc4c5ccc(-c6ccc(-c7ccc8ccccc8c7)cc6)cc5n(-c5nc(-c6ccccc6)nc(-c6ccccc6)n5)c4c3)c2)cc1. The van der Waals surface area contributed by atoms with Gasteiger partial charge in [0, 0.05) is 39.0 Å². The summed E-state index contributed by atoms with van der Waals surface area (Å²) in [4.78, 5) is 18.2. The van der Waals surface area contributed by atoms with Crippen molar-refractivity contribution in [1.82, 2.24) is 19.5 Å². The summed E-state index contributed by atoms with van der Waals surface area (Å²) in [6.45, 7) is 0. The highest BCUT2D eigenvalue weighted by Crippen LogP contribution is 2.42. The van der Waals surface area contributed by atoms with Gasteiger partial charge in [-0.25, -0.2) is 4.98 Å². The highest BCUT2D eigenvalue weighted by molar-refractivity contribution is 6.11. The molecule has 0 saturated carbocycles. The van der Waals surface area contributed by atoms with Crippen molar-refractivity contribution in [3.8, 4) is 73.2 Å². The van der Waals surface area contributed by atoms with Gasteiger partial charge in [-0.2, -0.15) is 9.97 Å². The van der Waals surface area contributed by atoms with Gasteiger partial charge >= 0.3 is 0 Å². The van der Waals surface area contributed by atoms with Gasteiger partial charge in [-0.05, 0) is 121 Å². The lowest BCUT2D eigenvalue weighted by Crippen LogP contribution is -2.10. The van der Waals surface area contributed by atoms with Gasteiger partial charge in [0.15, 0.2) is 11.6 Å². The summed E-state index contributed by atoms with van der Waals surface area (Å²) in [5.41, 5.74) is 16.0. The first-order valence-corrected chi connectivity index (χ1v) is 25.7.